The molecule has 0 aliphatic heterocycles. The van der Waals surface area contributed by atoms with Gasteiger partial charge in [-0.15, -0.1) is 0 Å². The largest absolute Gasteiger partial charge is 0.394 e. The van der Waals surface area contributed by atoms with E-state index in [4.69, 9.17) is 14.6 Å². The van der Waals surface area contributed by atoms with Crippen molar-refractivity contribution in [1.29, 1.82) is 0 Å². The number of rotatable bonds is 8. The molecule has 5 nitrogen and oxygen atoms in total. The van der Waals surface area contributed by atoms with Crippen LogP contribution in [0.15, 0.2) is 0 Å². The SMILES string of the molecule is CCOC(C(O)COCCO)C(C)(C)O. The zero-order valence-electron chi connectivity index (χ0n) is 9.64. The molecule has 0 spiro atoms. The Bertz CT molecular complexity index is 154. The van der Waals surface area contributed by atoms with Crippen molar-refractivity contribution >= 4 is 0 Å². The monoisotopic (exact) mass is 222 g/mol. The van der Waals surface area contributed by atoms with E-state index in [9.17, 15) is 10.2 Å². The second-order valence-corrected chi connectivity index (χ2v) is 3.90. The fourth-order valence-electron chi connectivity index (χ4n) is 1.32. The number of aliphatic hydroxyl groups is 3. The highest BCUT2D eigenvalue weighted by atomic mass is 16.5. The van der Waals surface area contributed by atoms with Crippen LogP contribution in [0, 0.1) is 0 Å². The van der Waals surface area contributed by atoms with Gasteiger partial charge in [0.05, 0.1) is 25.4 Å². The third-order valence-corrected chi connectivity index (χ3v) is 1.92. The van der Waals surface area contributed by atoms with Gasteiger partial charge in [-0.3, -0.25) is 0 Å². The van der Waals surface area contributed by atoms with Gasteiger partial charge in [0.1, 0.15) is 12.2 Å². The molecule has 0 fully saturated rings. The summed E-state index contributed by atoms with van der Waals surface area (Å²) >= 11 is 0. The first kappa shape index (κ1) is 14.8. The molecular formula is C10H22O5. The predicted octanol–water partition coefficient (Wildman–Crippen LogP) is -0.468. The van der Waals surface area contributed by atoms with Crippen molar-refractivity contribution in [3.05, 3.63) is 0 Å². The normalized spacial score (nSPS) is 16.4. The van der Waals surface area contributed by atoms with Crippen LogP contribution >= 0.6 is 0 Å². The minimum absolute atomic E-state index is 0.0369. The van der Waals surface area contributed by atoms with Crippen LogP contribution in [0.1, 0.15) is 20.8 Å². The van der Waals surface area contributed by atoms with Crippen LogP contribution in [0.2, 0.25) is 0 Å². The van der Waals surface area contributed by atoms with E-state index in [-0.39, 0.29) is 19.8 Å². The van der Waals surface area contributed by atoms with Crippen molar-refractivity contribution in [1.82, 2.24) is 0 Å². The van der Waals surface area contributed by atoms with Gasteiger partial charge in [-0.2, -0.15) is 0 Å². The molecule has 15 heavy (non-hydrogen) atoms. The average molecular weight is 222 g/mol. The van der Waals surface area contributed by atoms with E-state index >= 15 is 0 Å². The summed E-state index contributed by atoms with van der Waals surface area (Å²) in [4.78, 5) is 0. The molecule has 0 radical (unpaired) electrons. The van der Waals surface area contributed by atoms with Crippen molar-refractivity contribution in [2.24, 2.45) is 0 Å². The van der Waals surface area contributed by atoms with Gasteiger partial charge in [-0.05, 0) is 20.8 Å². The van der Waals surface area contributed by atoms with E-state index in [2.05, 4.69) is 0 Å². The van der Waals surface area contributed by atoms with Crippen molar-refractivity contribution in [2.45, 2.75) is 38.6 Å². The fourth-order valence-corrected chi connectivity index (χ4v) is 1.32. The van der Waals surface area contributed by atoms with Gasteiger partial charge in [0.15, 0.2) is 0 Å². The summed E-state index contributed by atoms with van der Waals surface area (Å²) in [6.07, 6.45) is -1.60. The third kappa shape index (κ3) is 6.06. The first-order valence-corrected chi connectivity index (χ1v) is 5.14. The van der Waals surface area contributed by atoms with Crippen LogP contribution in [0.25, 0.3) is 0 Å². The lowest BCUT2D eigenvalue weighted by Crippen LogP contribution is -2.48. The molecule has 0 aromatic rings. The Morgan fingerprint density at radius 3 is 2.33 bits per heavy atom. The maximum absolute atomic E-state index is 9.75. The van der Waals surface area contributed by atoms with Gasteiger partial charge in [0.2, 0.25) is 0 Å². The van der Waals surface area contributed by atoms with E-state index in [0.29, 0.717) is 6.61 Å². The summed E-state index contributed by atoms with van der Waals surface area (Å²) in [6, 6.07) is 0. The summed E-state index contributed by atoms with van der Waals surface area (Å²) in [5, 5.41) is 27.9. The van der Waals surface area contributed by atoms with Gasteiger partial charge < -0.3 is 24.8 Å². The quantitative estimate of drug-likeness (QED) is 0.484. The maximum Gasteiger partial charge on any atom is 0.114 e. The first-order valence-electron chi connectivity index (χ1n) is 5.14. The van der Waals surface area contributed by atoms with Crippen LogP contribution in [0.5, 0.6) is 0 Å². The van der Waals surface area contributed by atoms with E-state index in [1.54, 1.807) is 20.8 Å². The number of aliphatic hydroxyl groups excluding tert-OH is 2. The van der Waals surface area contributed by atoms with Crippen molar-refractivity contribution in [2.75, 3.05) is 26.4 Å². The van der Waals surface area contributed by atoms with Crippen LogP contribution in [-0.2, 0) is 9.47 Å². The topological polar surface area (TPSA) is 79.2 Å². The van der Waals surface area contributed by atoms with Crippen LogP contribution < -0.4 is 0 Å². The van der Waals surface area contributed by atoms with Gasteiger partial charge in [-0.1, -0.05) is 0 Å². The third-order valence-electron chi connectivity index (χ3n) is 1.92. The second kappa shape index (κ2) is 7.14. The molecule has 0 aromatic carbocycles. The van der Waals surface area contributed by atoms with E-state index < -0.39 is 17.8 Å². The van der Waals surface area contributed by atoms with Gasteiger partial charge in [0, 0.05) is 6.61 Å². The van der Waals surface area contributed by atoms with E-state index in [0.717, 1.165) is 0 Å². The highest BCUT2D eigenvalue weighted by Gasteiger charge is 2.33. The Morgan fingerprint density at radius 1 is 1.33 bits per heavy atom. The average Bonchev–Trinajstić information content (AvgIpc) is 2.12. The molecule has 92 valence electrons. The number of hydrogen-bond donors (Lipinski definition) is 3. The summed E-state index contributed by atoms with van der Waals surface area (Å²) in [7, 11) is 0. The lowest BCUT2D eigenvalue weighted by atomic mass is 9.97. The molecule has 2 atom stereocenters. The van der Waals surface area contributed by atoms with E-state index in [1.165, 1.54) is 0 Å². The first-order chi connectivity index (χ1) is 6.93. The Hall–Kier alpha value is -0.200. The Balaban J connectivity index is 4.11. The standard InChI is InChI=1S/C10H22O5/c1-4-15-9(10(2,3)13)8(12)7-14-6-5-11/h8-9,11-13H,4-7H2,1-3H3. The highest BCUT2D eigenvalue weighted by Crippen LogP contribution is 2.16. The molecule has 0 saturated heterocycles. The molecule has 0 bridgehead atoms. The fraction of sp³-hybridized carbons (Fsp3) is 1.00. The molecule has 2 unspecified atom stereocenters. The van der Waals surface area contributed by atoms with Crippen LogP contribution in [-0.4, -0.2) is 59.6 Å². The van der Waals surface area contributed by atoms with Crippen molar-refractivity contribution in [3.63, 3.8) is 0 Å². The zero-order chi connectivity index (χ0) is 11.9. The molecule has 0 aromatic heterocycles. The van der Waals surface area contributed by atoms with Crippen LogP contribution in [0.4, 0.5) is 0 Å². The van der Waals surface area contributed by atoms with Crippen molar-refractivity contribution < 1.29 is 24.8 Å². The van der Waals surface area contributed by atoms with Crippen LogP contribution in [0.3, 0.4) is 0 Å². The number of hydrogen-bond acceptors (Lipinski definition) is 5. The predicted molar refractivity (Wildman–Crippen MR) is 55.6 cm³/mol. The summed E-state index contributed by atoms with van der Waals surface area (Å²) in [6.45, 7) is 5.46. The van der Waals surface area contributed by atoms with E-state index in [1.807, 2.05) is 0 Å². The molecule has 0 rings (SSSR count). The second-order valence-electron chi connectivity index (χ2n) is 3.90. The minimum atomic E-state index is -1.13. The smallest absolute Gasteiger partial charge is 0.114 e. The van der Waals surface area contributed by atoms with Gasteiger partial charge >= 0.3 is 0 Å². The molecule has 0 saturated carbocycles. The Labute approximate surface area is 90.6 Å². The molecular weight excluding hydrogens is 200 g/mol. The molecule has 3 N–H and O–H groups in total. The van der Waals surface area contributed by atoms with Gasteiger partial charge in [-0.25, -0.2) is 0 Å². The lowest BCUT2D eigenvalue weighted by Gasteiger charge is -2.32. The molecule has 0 heterocycles. The lowest BCUT2D eigenvalue weighted by molar-refractivity contribution is -0.151. The highest BCUT2D eigenvalue weighted by molar-refractivity contribution is 4.84. The summed E-state index contributed by atoms with van der Waals surface area (Å²) in [5.41, 5.74) is -1.13. The van der Waals surface area contributed by atoms with Gasteiger partial charge in [0.25, 0.3) is 0 Å². The zero-order valence-corrected chi connectivity index (χ0v) is 9.64. The molecule has 0 amide bonds. The minimum Gasteiger partial charge on any atom is -0.394 e. The molecule has 5 heteroatoms. The molecule has 0 aliphatic carbocycles. The summed E-state index contributed by atoms with van der Waals surface area (Å²) < 4.78 is 10.2. The molecule has 0 aliphatic rings. The Morgan fingerprint density at radius 2 is 1.93 bits per heavy atom. The number of ether oxygens (including phenoxy) is 2. The summed E-state index contributed by atoms with van der Waals surface area (Å²) in [5.74, 6) is 0. The Kier molecular flexibility index (Phi) is 7.04. The maximum atomic E-state index is 9.75. The van der Waals surface area contributed by atoms with Crippen molar-refractivity contribution in [3.8, 4) is 0 Å².